The molecule has 0 aromatic heterocycles. The molecule has 0 heterocycles. The predicted octanol–water partition coefficient (Wildman–Crippen LogP) is 3.21. The summed E-state index contributed by atoms with van der Waals surface area (Å²) in [4.78, 5) is 9.81. The average Bonchev–Trinajstić information content (AvgIpc) is 2.15. The van der Waals surface area contributed by atoms with E-state index in [9.17, 15) is 4.79 Å². The van der Waals surface area contributed by atoms with Crippen molar-refractivity contribution in [1.82, 2.24) is 0 Å². The Bertz CT molecular complexity index is 137. The van der Waals surface area contributed by atoms with Crippen molar-refractivity contribution in [3.05, 3.63) is 0 Å². The third kappa shape index (κ3) is 5.25. The van der Waals surface area contributed by atoms with Crippen LogP contribution < -0.4 is 0 Å². The molecule has 0 bridgehead atoms. The molecule has 0 aromatic carbocycles. The summed E-state index contributed by atoms with van der Waals surface area (Å²) < 4.78 is 4.57. The van der Waals surface area contributed by atoms with Gasteiger partial charge in [-0.15, -0.1) is 0 Å². The van der Waals surface area contributed by atoms with E-state index in [2.05, 4.69) is 4.74 Å². The number of ether oxygens (including phenoxy) is 1. The van der Waals surface area contributed by atoms with Crippen molar-refractivity contribution in [2.45, 2.75) is 57.8 Å². The third-order valence-electron chi connectivity index (χ3n) is 3.14. The molecule has 2 nitrogen and oxygen atoms in total. The minimum absolute atomic E-state index is 0.556. The molecule has 0 N–H and O–H groups in total. The highest BCUT2D eigenvalue weighted by Crippen LogP contribution is 2.25. The maximum absolute atomic E-state index is 9.81. The number of hydrogen-bond acceptors (Lipinski definition) is 2. The van der Waals surface area contributed by atoms with Gasteiger partial charge in [0.2, 0.25) is 0 Å². The minimum Gasteiger partial charge on any atom is -0.457 e. The molecular weight excluding hydrogens is 176 g/mol. The lowest BCUT2D eigenvalue weighted by Crippen LogP contribution is -2.05. The number of carbonyl (C=O) groups excluding carboxylic acids is 1. The molecule has 0 unspecified atom stereocenters. The van der Waals surface area contributed by atoms with E-state index >= 15 is 0 Å². The molecule has 1 saturated carbocycles. The van der Waals surface area contributed by atoms with Crippen LogP contribution in [0.3, 0.4) is 0 Å². The monoisotopic (exact) mass is 197 g/mol. The Morgan fingerprint density at radius 1 is 1.07 bits per heavy atom. The second-order valence-corrected chi connectivity index (χ2v) is 4.29. The van der Waals surface area contributed by atoms with E-state index in [4.69, 9.17) is 0 Å². The highest BCUT2D eigenvalue weighted by molar-refractivity contribution is 5.37. The Labute approximate surface area is 87.0 Å². The molecule has 1 rings (SSSR count). The zero-order chi connectivity index (χ0) is 10.1. The molecule has 1 fully saturated rings. The van der Waals surface area contributed by atoms with Gasteiger partial charge in [-0.2, -0.15) is 0 Å². The van der Waals surface area contributed by atoms with Crippen LogP contribution in [0.2, 0.25) is 0 Å². The van der Waals surface area contributed by atoms with Gasteiger partial charge >= 0.3 is 6.47 Å². The molecule has 0 spiro atoms. The fourth-order valence-corrected chi connectivity index (χ4v) is 2.32. The summed E-state index contributed by atoms with van der Waals surface area (Å²) in [6.07, 6.45) is 12.0. The maximum atomic E-state index is 9.81. The van der Waals surface area contributed by atoms with Gasteiger partial charge in [-0.3, -0.25) is 0 Å². The summed E-state index contributed by atoms with van der Waals surface area (Å²) in [7, 11) is 0. The zero-order valence-electron chi connectivity index (χ0n) is 8.96. The van der Waals surface area contributed by atoms with Gasteiger partial charge in [-0.05, 0) is 18.8 Å². The average molecular weight is 197 g/mol. The van der Waals surface area contributed by atoms with Crippen LogP contribution >= 0.6 is 0 Å². The summed E-state index contributed by atoms with van der Waals surface area (Å²) in [5.74, 6) is 0.880. The Hall–Kier alpha value is -0.530. The highest BCUT2D eigenvalue weighted by atomic mass is 16.5. The van der Waals surface area contributed by atoms with Crippen molar-refractivity contribution in [3.8, 4) is 0 Å². The van der Waals surface area contributed by atoms with Crippen LogP contribution in [0.1, 0.15) is 57.8 Å². The molecule has 2 heteroatoms. The van der Waals surface area contributed by atoms with Crippen LogP contribution in [0.25, 0.3) is 0 Å². The van der Waals surface area contributed by atoms with Crippen LogP contribution in [-0.4, -0.2) is 13.1 Å². The van der Waals surface area contributed by atoms with Crippen LogP contribution in [-0.2, 0) is 9.53 Å². The van der Waals surface area contributed by atoms with Crippen molar-refractivity contribution >= 4 is 6.47 Å². The lowest BCUT2D eigenvalue weighted by molar-refractivity contribution is 0.251. The van der Waals surface area contributed by atoms with Crippen LogP contribution in [0.5, 0.6) is 0 Å². The van der Waals surface area contributed by atoms with Gasteiger partial charge in [-0.1, -0.05) is 44.9 Å². The molecule has 0 amide bonds. The van der Waals surface area contributed by atoms with Gasteiger partial charge in [0.15, 0.2) is 0 Å². The molecule has 0 aromatic rings. The number of hydrogen-bond donors (Lipinski definition) is 0. The van der Waals surface area contributed by atoms with E-state index in [0.717, 1.165) is 12.3 Å². The first-order valence-electron chi connectivity index (χ1n) is 5.92. The summed E-state index contributed by atoms with van der Waals surface area (Å²) in [5, 5.41) is 0. The second kappa shape index (κ2) is 7.84. The Morgan fingerprint density at radius 2 is 1.71 bits per heavy atom. The Kier molecular flexibility index (Phi) is 6.46. The Balaban J connectivity index is 2.04. The predicted molar refractivity (Wildman–Crippen MR) is 56.7 cm³/mol. The number of rotatable bonds is 5. The van der Waals surface area contributed by atoms with Gasteiger partial charge in [0.05, 0.1) is 6.61 Å². The fraction of sp³-hybridized carbons (Fsp3) is 0.917. The molecular formula is C12H21O2. The molecule has 1 aliphatic carbocycles. The van der Waals surface area contributed by atoms with Crippen molar-refractivity contribution < 1.29 is 9.53 Å². The van der Waals surface area contributed by atoms with Crippen LogP contribution in [0.4, 0.5) is 0 Å². The Morgan fingerprint density at radius 3 is 2.36 bits per heavy atom. The van der Waals surface area contributed by atoms with Crippen LogP contribution in [0.15, 0.2) is 0 Å². The van der Waals surface area contributed by atoms with Gasteiger partial charge in [0.1, 0.15) is 0 Å². The quantitative estimate of drug-likeness (QED) is 0.632. The lowest BCUT2D eigenvalue weighted by atomic mass is 9.88. The van der Waals surface area contributed by atoms with E-state index in [1.165, 1.54) is 57.8 Å². The lowest BCUT2D eigenvalue weighted by Gasteiger charge is -2.18. The van der Waals surface area contributed by atoms with Gasteiger partial charge in [0.25, 0.3) is 0 Å². The molecule has 81 valence electrons. The summed E-state index contributed by atoms with van der Waals surface area (Å²) in [6.45, 7) is 2.03. The summed E-state index contributed by atoms with van der Waals surface area (Å²) >= 11 is 0. The molecule has 0 saturated heterocycles. The first-order valence-corrected chi connectivity index (χ1v) is 5.92. The highest BCUT2D eigenvalue weighted by Gasteiger charge is 2.10. The minimum atomic E-state index is 0.556. The largest absolute Gasteiger partial charge is 0.457 e. The summed E-state index contributed by atoms with van der Waals surface area (Å²) in [6, 6.07) is 0. The van der Waals surface area contributed by atoms with Crippen LogP contribution in [0, 0.1) is 5.92 Å². The standard InChI is InChI=1S/C12H21O2/c13-11-14-10-6-9-12-7-4-2-1-3-5-8-12/h12H,1-10H2. The smallest absolute Gasteiger partial charge is 0.417 e. The molecule has 0 aliphatic heterocycles. The van der Waals surface area contributed by atoms with E-state index in [1.54, 1.807) is 0 Å². The molecule has 14 heavy (non-hydrogen) atoms. The van der Waals surface area contributed by atoms with Crippen molar-refractivity contribution in [2.24, 2.45) is 5.92 Å². The topological polar surface area (TPSA) is 26.3 Å². The third-order valence-corrected chi connectivity index (χ3v) is 3.14. The van der Waals surface area contributed by atoms with E-state index < -0.39 is 0 Å². The van der Waals surface area contributed by atoms with Gasteiger partial charge in [-0.25, -0.2) is 4.79 Å². The van der Waals surface area contributed by atoms with Crippen molar-refractivity contribution in [2.75, 3.05) is 6.61 Å². The normalized spacial score (nSPS) is 19.7. The van der Waals surface area contributed by atoms with Gasteiger partial charge < -0.3 is 4.74 Å². The van der Waals surface area contributed by atoms with E-state index in [0.29, 0.717) is 6.61 Å². The SMILES string of the molecule is O=[C]OCCCC1CCCCCCC1. The maximum Gasteiger partial charge on any atom is 0.417 e. The van der Waals surface area contributed by atoms with E-state index in [-0.39, 0.29) is 0 Å². The van der Waals surface area contributed by atoms with E-state index in [1.807, 2.05) is 0 Å². The molecule has 1 aliphatic rings. The first-order chi connectivity index (χ1) is 6.93. The van der Waals surface area contributed by atoms with Crippen molar-refractivity contribution in [1.29, 1.82) is 0 Å². The first kappa shape index (κ1) is 11.5. The van der Waals surface area contributed by atoms with Gasteiger partial charge in [0, 0.05) is 0 Å². The fourth-order valence-electron chi connectivity index (χ4n) is 2.32. The second-order valence-electron chi connectivity index (χ2n) is 4.29. The molecule has 1 radical (unpaired) electrons. The molecule has 0 atom stereocenters. The van der Waals surface area contributed by atoms with Crippen molar-refractivity contribution in [3.63, 3.8) is 0 Å². The summed E-state index contributed by atoms with van der Waals surface area (Å²) in [5.41, 5.74) is 0. The zero-order valence-corrected chi connectivity index (χ0v) is 8.96.